The number of ether oxygens (including phenoxy) is 1. The number of hydrogen-bond donors (Lipinski definition) is 1. The molecule has 6 heteroatoms. The number of morpholine rings is 1. The zero-order chi connectivity index (χ0) is 20.2. The van der Waals surface area contributed by atoms with E-state index in [1.165, 1.54) is 17.7 Å². The van der Waals surface area contributed by atoms with Crippen molar-refractivity contribution in [1.29, 1.82) is 0 Å². The number of carbonyl (C=O) groups is 1. The van der Waals surface area contributed by atoms with Crippen LogP contribution < -0.4 is 5.32 Å². The van der Waals surface area contributed by atoms with Gasteiger partial charge >= 0.3 is 6.03 Å². The molecule has 2 aromatic carbocycles. The van der Waals surface area contributed by atoms with Gasteiger partial charge in [0, 0.05) is 32.7 Å². The molecule has 1 saturated heterocycles. The van der Waals surface area contributed by atoms with E-state index >= 15 is 0 Å². The van der Waals surface area contributed by atoms with E-state index in [0.29, 0.717) is 26.2 Å². The lowest BCUT2D eigenvalue weighted by atomic mass is 9.88. The topological polar surface area (TPSA) is 44.8 Å². The summed E-state index contributed by atoms with van der Waals surface area (Å²) in [7, 11) is 0. The lowest BCUT2D eigenvalue weighted by Gasteiger charge is -2.41. The van der Waals surface area contributed by atoms with Crippen molar-refractivity contribution in [2.75, 3.05) is 39.3 Å². The molecule has 0 radical (unpaired) electrons. The largest absolute Gasteiger partial charge is 0.374 e. The smallest absolute Gasteiger partial charge is 0.320 e. The minimum atomic E-state index is -0.271. The second-order valence-electron chi connectivity index (χ2n) is 7.61. The Kier molecular flexibility index (Phi) is 6.11. The molecule has 1 fully saturated rings. The van der Waals surface area contributed by atoms with Crippen LogP contribution in [0.3, 0.4) is 0 Å². The standard InChI is InChI=1S/C23H28FN3O2/c1-2-26(16-20-15-25-12-14-29-20)23(28)27-13-11-17-5-3-4-6-21(17)22(27)18-7-9-19(24)10-8-18/h3-10,20,22,25H,2,11-16H2,1H3. The molecule has 0 spiro atoms. The molecule has 2 amide bonds. The van der Waals surface area contributed by atoms with Crippen LogP contribution in [0.1, 0.15) is 29.7 Å². The molecular formula is C23H28FN3O2. The van der Waals surface area contributed by atoms with Crippen molar-refractivity contribution in [3.05, 3.63) is 71.0 Å². The number of amides is 2. The Labute approximate surface area is 171 Å². The Morgan fingerprint density at radius 1 is 1.24 bits per heavy atom. The number of likely N-dealkylation sites (N-methyl/N-ethyl adjacent to an activating group) is 1. The molecule has 2 unspecified atom stereocenters. The van der Waals surface area contributed by atoms with Crippen LogP contribution in [-0.4, -0.2) is 61.3 Å². The normalized spacial score (nSPS) is 21.5. The van der Waals surface area contributed by atoms with Gasteiger partial charge in [0.15, 0.2) is 0 Å². The van der Waals surface area contributed by atoms with Gasteiger partial charge in [0.2, 0.25) is 0 Å². The molecule has 2 aromatic rings. The molecule has 1 N–H and O–H groups in total. The van der Waals surface area contributed by atoms with E-state index in [4.69, 9.17) is 4.74 Å². The van der Waals surface area contributed by atoms with Crippen molar-refractivity contribution >= 4 is 6.03 Å². The fourth-order valence-electron chi connectivity index (χ4n) is 4.28. The average molecular weight is 397 g/mol. The van der Waals surface area contributed by atoms with Gasteiger partial charge in [0.25, 0.3) is 0 Å². The van der Waals surface area contributed by atoms with Crippen molar-refractivity contribution in [3.8, 4) is 0 Å². The number of benzene rings is 2. The van der Waals surface area contributed by atoms with E-state index < -0.39 is 0 Å². The van der Waals surface area contributed by atoms with Crippen molar-refractivity contribution in [2.45, 2.75) is 25.5 Å². The molecule has 0 bridgehead atoms. The molecule has 4 rings (SSSR count). The van der Waals surface area contributed by atoms with Crippen LogP contribution in [0.25, 0.3) is 0 Å². The van der Waals surface area contributed by atoms with Crippen LogP contribution in [0.5, 0.6) is 0 Å². The van der Waals surface area contributed by atoms with E-state index in [0.717, 1.165) is 30.6 Å². The van der Waals surface area contributed by atoms with Crippen LogP contribution in [0.4, 0.5) is 9.18 Å². The number of carbonyl (C=O) groups excluding carboxylic acids is 1. The first-order chi connectivity index (χ1) is 14.2. The van der Waals surface area contributed by atoms with E-state index in [-0.39, 0.29) is 24.0 Å². The van der Waals surface area contributed by atoms with E-state index in [1.54, 1.807) is 12.1 Å². The van der Waals surface area contributed by atoms with Gasteiger partial charge in [-0.05, 0) is 42.2 Å². The summed E-state index contributed by atoms with van der Waals surface area (Å²) >= 11 is 0. The molecule has 2 aliphatic heterocycles. The van der Waals surface area contributed by atoms with Crippen LogP contribution >= 0.6 is 0 Å². The summed E-state index contributed by atoms with van der Waals surface area (Å²) < 4.78 is 19.4. The van der Waals surface area contributed by atoms with Gasteiger partial charge in [-0.3, -0.25) is 0 Å². The molecule has 2 heterocycles. The maximum Gasteiger partial charge on any atom is 0.320 e. The number of urea groups is 1. The van der Waals surface area contributed by atoms with Crippen LogP contribution in [0.2, 0.25) is 0 Å². The van der Waals surface area contributed by atoms with Crippen molar-refractivity contribution < 1.29 is 13.9 Å². The van der Waals surface area contributed by atoms with Crippen molar-refractivity contribution in [3.63, 3.8) is 0 Å². The highest BCUT2D eigenvalue weighted by atomic mass is 19.1. The third-order valence-electron chi connectivity index (χ3n) is 5.80. The quantitative estimate of drug-likeness (QED) is 0.862. The fourth-order valence-corrected chi connectivity index (χ4v) is 4.28. The van der Waals surface area contributed by atoms with E-state index in [2.05, 4.69) is 17.4 Å². The predicted octanol–water partition coefficient (Wildman–Crippen LogP) is 3.20. The Bertz CT molecular complexity index is 836. The Balaban J connectivity index is 1.63. The van der Waals surface area contributed by atoms with Crippen LogP contribution in [-0.2, 0) is 11.2 Å². The average Bonchev–Trinajstić information content (AvgIpc) is 2.77. The molecule has 0 saturated carbocycles. The van der Waals surface area contributed by atoms with E-state index in [9.17, 15) is 9.18 Å². The molecule has 5 nitrogen and oxygen atoms in total. The minimum absolute atomic E-state index is 0.00509. The highest BCUT2D eigenvalue weighted by Gasteiger charge is 2.34. The second-order valence-corrected chi connectivity index (χ2v) is 7.61. The first kappa shape index (κ1) is 19.9. The molecule has 0 aromatic heterocycles. The first-order valence-electron chi connectivity index (χ1n) is 10.4. The number of rotatable bonds is 4. The van der Waals surface area contributed by atoms with Gasteiger partial charge in [0.05, 0.1) is 18.8 Å². The summed E-state index contributed by atoms with van der Waals surface area (Å²) in [6.07, 6.45) is 0.826. The van der Waals surface area contributed by atoms with Gasteiger partial charge < -0.3 is 19.9 Å². The molecule has 29 heavy (non-hydrogen) atoms. The summed E-state index contributed by atoms with van der Waals surface area (Å²) in [5.41, 5.74) is 3.29. The Morgan fingerprint density at radius 3 is 2.76 bits per heavy atom. The van der Waals surface area contributed by atoms with Gasteiger partial charge in [0.1, 0.15) is 5.82 Å². The number of nitrogens with one attached hydrogen (secondary N) is 1. The fraction of sp³-hybridized carbons (Fsp3) is 0.435. The maximum atomic E-state index is 13.6. The van der Waals surface area contributed by atoms with E-state index in [1.807, 2.05) is 28.9 Å². The van der Waals surface area contributed by atoms with Gasteiger partial charge in [-0.25, -0.2) is 9.18 Å². The van der Waals surface area contributed by atoms with Crippen LogP contribution in [0.15, 0.2) is 48.5 Å². The van der Waals surface area contributed by atoms with Gasteiger partial charge in [-0.15, -0.1) is 0 Å². The highest BCUT2D eigenvalue weighted by molar-refractivity contribution is 5.76. The van der Waals surface area contributed by atoms with Gasteiger partial charge in [-0.2, -0.15) is 0 Å². The number of hydrogen-bond acceptors (Lipinski definition) is 3. The lowest BCUT2D eigenvalue weighted by molar-refractivity contribution is 0.00898. The molecule has 0 aliphatic carbocycles. The maximum absolute atomic E-state index is 13.6. The minimum Gasteiger partial charge on any atom is -0.374 e. The molecule has 2 atom stereocenters. The summed E-state index contributed by atoms with van der Waals surface area (Å²) in [6.45, 7) is 6.10. The molecule has 2 aliphatic rings. The highest BCUT2D eigenvalue weighted by Crippen LogP contribution is 2.35. The summed E-state index contributed by atoms with van der Waals surface area (Å²) in [4.78, 5) is 17.4. The summed E-state index contributed by atoms with van der Waals surface area (Å²) in [5.74, 6) is -0.271. The molecule has 154 valence electrons. The monoisotopic (exact) mass is 397 g/mol. The number of nitrogens with zero attached hydrogens (tertiary/aromatic N) is 2. The van der Waals surface area contributed by atoms with Crippen LogP contribution in [0, 0.1) is 5.82 Å². The Morgan fingerprint density at radius 2 is 2.03 bits per heavy atom. The first-order valence-corrected chi connectivity index (χ1v) is 10.4. The lowest BCUT2D eigenvalue weighted by Crippen LogP contribution is -2.52. The number of fused-ring (bicyclic) bond motifs is 1. The summed E-state index contributed by atoms with van der Waals surface area (Å²) in [6, 6.07) is 14.5. The third-order valence-corrected chi connectivity index (χ3v) is 5.80. The number of halogens is 1. The Hall–Kier alpha value is -2.44. The van der Waals surface area contributed by atoms with Crippen molar-refractivity contribution in [1.82, 2.24) is 15.1 Å². The third kappa shape index (κ3) is 4.28. The molecular weight excluding hydrogens is 369 g/mol. The SMILES string of the molecule is CCN(CC1CNCCO1)C(=O)N1CCc2ccccc2C1c1ccc(F)cc1. The summed E-state index contributed by atoms with van der Waals surface area (Å²) in [5, 5.41) is 3.32. The zero-order valence-corrected chi connectivity index (χ0v) is 16.8. The predicted molar refractivity (Wildman–Crippen MR) is 110 cm³/mol. The van der Waals surface area contributed by atoms with Gasteiger partial charge in [-0.1, -0.05) is 36.4 Å². The second kappa shape index (κ2) is 8.93. The zero-order valence-electron chi connectivity index (χ0n) is 16.8. The van der Waals surface area contributed by atoms with Crippen molar-refractivity contribution in [2.24, 2.45) is 0 Å².